The quantitative estimate of drug-likeness (QED) is 0.416. The first-order chi connectivity index (χ1) is 14.2. The lowest BCUT2D eigenvalue weighted by Gasteiger charge is -2.68. The van der Waals surface area contributed by atoms with Crippen LogP contribution in [0.15, 0.2) is 23.3 Å². The molecule has 0 aromatic heterocycles. The van der Waals surface area contributed by atoms with E-state index in [1.165, 1.54) is 44.9 Å². The van der Waals surface area contributed by atoms with Gasteiger partial charge in [-0.2, -0.15) is 0 Å². The van der Waals surface area contributed by atoms with Crippen LogP contribution in [0.25, 0.3) is 0 Å². The van der Waals surface area contributed by atoms with Crippen molar-refractivity contribution in [3.63, 3.8) is 0 Å². The number of hydrogen-bond acceptors (Lipinski definition) is 1. The first kappa shape index (κ1) is 22.2. The molecule has 7 atom stereocenters. The second-order valence-electron chi connectivity index (χ2n) is 14.8. The number of hydrogen-bond donors (Lipinski definition) is 1. The van der Waals surface area contributed by atoms with Crippen LogP contribution in [0.1, 0.15) is 113 Å². The van der Waals surface area contributed by atoms with Gasteiger partial charge >= 0.3 is 0 Å². The van der Waals surface area contributed by atoms with Crippen LogP contribution >= 0.6 is 0 Å². The molecule has 0 aromatic carbocycles. The monoisotopic (exact) mass is 424 g/mol. The van der Waals surface area contributed by atoms with E-state index >= 15 is 0 Å². The summed E-state index contributed by atoms with van der Waals surface area (Å²) in [6.07, 6.45) is 16.7. The average molecular weight is 425 g/mol. The molecule has 0 aromatic rings. The highest BCUT2D eigenvalue weighted by Crippen LogP contribution is 2.74. The molecular weight excluding hydrogens is 376 g/mol. The summed E-state index contributed by atoms with van der Waals surface area (Å²) < 4.78 is 0. The average Bonchev–Trinajstić information content (AvgIpc) is 2.67. The molecule has 31 heavy (non-hydrogen) atoms. The Balaban J connectivity index is 1.63. The summed E-state index contributed by atoms with van der Waals surface area (Å²) in [4.78, 5) is 0. The maximum Gasteiger partial charge on any atom is 0.0594 e. The van der Waals surface area contributed by atoms with E-state index in [-0.39, 0.29) is 22.3 Å². The van der Waals surface area contributed by atoms with Crippen molar-refractivity contribution in [3.8, 4) is 0 Å². The number of aliphatic hydroxyl groups excluding tert-OH is 1. The van der Waals surface area contributed by atoms with Crippen molar-refractivity contribution < 1.29 is 5.11 Å². The van der Waals surface area contributed by atoms with Gasteiger partial charge in [-0.3, -0.25) is 0 Å². The van der Waals surface area contributed by atoms with Crippen LogP contribution in [0.4, 0.5) is 0 Å². The second-order valence-corrected chi connectivity index (χ2v) is 14.8. The van der Waals surface area contributed by atoms with E-state index in [2.05, 4.69) is 67.5 Å². The Kier molecular flexibility index (Phi) is 4.53. The Labute approximate surface area is 192 Å². The molecule has 0 aliphatic heterocycles. The van der Waals surface area contributed by atoms with Crippen LogP contribution in [0.3, 0.4) is 0 Å². The summed E-state index contributed by atoms with van der Waals surface area (Å²) in [7, 11) is 0. The van der Waals surface area contributed by atoms with Gasteiger partial charge in [0, 0.05) is 0 Å². The van der Waals surface area contributed by atoms with Crippen LogP contribution < -0.4 is 0 Å². The van der Waals surface area contributed by atoms with Crippen molar-refractivity contribution in [1.29, 1.82) is 0 Å². The van der Waals surface area contributed by atoms with Crippen molar-refractivity contribution in [1.82, 2.24) is 0 Å². The smallest absolute Gasteiger partial charge is 0.0594 e. The molecule has 5 aliphatic carbocycles. The van der Waals surface area contributed by atoms with Gasteiger partial charge in [-0.15, -0.1) is 0 Å². The van der Waals surface area contributed by atoms with E-state index in [9.17, 15) is 5.11 Å². The predicted octanol–water partition coefficient (Wildman–Crippen LogP) is 8.09. The molecule has 5 aliphatic rings. The first-order valence-electron chi connectivity index (χ1n) is 13.3. The lowest BCUT2D eigenvalue weighted by molar-refractivity contribution is -0.125. The van der Waals surface area contributed by atoms with Gasteiger partial charge in [0.15, 0.2) is 0 Å². The summed E-state index contributed by atoms with van der Waals surface area (Å²) in [6, 6.07) is 0. The van der Waals surface area contributed by atoms with Crippen molar-refractivity contribution in [2.75, 3.05) is 0 Å². The molecule has 0 heterocycles. The number of aliphatic hydroxyl groups is 1. The van der Waals surface area contributed by atoms with Gasteiger partial charge in [-0.1, -0.05) is 78.7 Å². The van der Waals surface area contributed by atoms with Crippen LogP contribution in [-0.4, -0.2) is 11.2 Å². The third-order valence-corrected chi connectivity index (χ3v) is 12.4. The maximum atomic E-state index is 10.9. The molecule has 4 saturated carbocycles. The van der Waals surface area contributed by atoms with E-state index in [1.54, 1.807) is 11.1 Å². The predicted molar refractivity (Wildman–Crippen MR) is 131 cm³/mol. The van der Waals surface area contributed by atoms with Crippen LogP contribution in [0.2, 0.25) is 0 Å². The highest BCUT2D eigenvalue weighted by molar-refractivity contribution is 5.45. The molecule has 174 valence electrons. The molecule has 1 nitrogen and oxygen atoms in total. The van der Waals surface area contributed by atoms with Crippen LogP contribution in [0, 0.1) is 44.3 Å². The molecule has 1 heteroatoms. The van der Waals surface area contributed by atoms with Gasteiger partial charge in [-0.05, 0) is 102 Å². The first-order valence-corrected chi connectivity index (χ1v) is 13.3. The minimum absolute atomic E-state index is 0.0125. The normalized spacial score (nSPS) is 52.6. The van der Waals surface area contributed by atoms with Gasteiger partial charge in [0.05, 0.1) is 6.10 Å². The van der Waals surface area contributed by atoms with Gasteiger partial charge in [0.1, 0.15) is 0 Å². The molecule has 0 saturated heterocycles. The second kappa shape index (κ2) is 6.31. The Morgan fingerprint density at radius 3 is 2.13 bits per heavy atom. The Bertz CT molecular complexity index is 844. The Morgan fingerprint density at radius 2 is 1.42 bits per heavy atom. The van der Waals surface area contributed by atoms with Crippen LogP contribution in [0.5, 0.6) is 0 Å². The Hall–Kier alpha value is -0.560. The molecule has 3 unspecified atom stereocenters. The number of rotatable bonds is 0. The SMILES string of the molecule is CC1(C)CC[C@]2(C)CC[C@]3(C)C(=CC=C4[C@@]5(C)CCC(O)C(C)(C)C5CC[C@]43C)C2C1. The summed E-state index contributed by atoms with van der Waals surface area (Å²) in [5, 5.41) is 10.9. The van der Waals surface area contributed by atoms with E-state index in [0.717, 1.165) is 18.8 Å². The number of allylic oxidation sites excluding steroid dienone is 4. The highest BCUT2D eigenvalue weighted by atomic mass is 16.3. The molecule has 0 bridgehead atoms. The zero-order valence-electron chi connectivity index (χ0n) is 21.7. The van der Waals surface area contributed by atoms with E-state index in [1.807, 2.05) is 0 Å². The fraction of sp³-hybridized carbons (Fsp3) is 0.867. The van der Waals surface area contributed by atoms with E-state index < -0.39 is 0 Å². The summed E-state index contributed by atoms with van der Waals surface area (Å²) in [6.45, 7) is 20.2. The molecule has 4 fully saturated rings. The zero-order valence-corrected chi connectivity index (χ0v) is 21.7. The summed E-state index contributed by atoms with van der Waals surface area (Å²) >= 11 is 0. The van der Waals surface area contributed by atoms with Gasteiger partial charge in [0.2, 0.25) is 0 Å². The van der Waals surface area contributed by atoms with E-state index in [4.69, 9.17) is 0 Å². The summed E-state index contributed by atoms with van der Waals surface area (Å²) in [5.74, 6) is 1.34. The van der Waals surface area contributed by atoms with E-state index in [0.29, 0.717) is 22.2 Å². The van der Waals surface area contributed by atoms with Crippen molar-refractivity contribution in [2.45, 2.75) is 119 Å². The summed E-state index contributed by atoms with van der Waals surface area (Å²) in [5.41, 5.74) is 5.32. The molecule has 5 rings (SSSR count). The van der Waals surface area contributed by atoms with Gasteiger partial charge < -0.3 is 5.11 Å². The van der Waals surface area contributed by atoms with Crippen molar-refractivity contribution in [2.24, 2.45) is 44.3 Å². The maximum absolute atomic E-state index is 10.9. The van der Waals surface area contributed by atoms with Crippen LogP contribution in [-0.2, 0) is 0 Å². The molecule has 0 amide bonds. The molecular formula is C30H48O. The molecule has 0 spiro atoms. The number of fused-ring (bicyclic) bond motifs is 7. The third-order valence-electron chi connectivity index (χ3n) is 12.4. The zero-order chi connectivity index (χ0) is 22.7. The van der Waals surface area contributed by atoms with Gasteiger partial charge in [0.25, 0.3) is 0 Å². The standard InChI is InChI=1S/C30H48O/c1-25(2)15-16-27(5)17-18-29(7)20(21(27)19-25)9-10-23-28(6)13-12-24(31)26(3,4)22(28)11-14-30(23,29)8/h9-10,21-22,24,31H,11-19H2,1-8H3/t21?,22?,24?,27-,28+,29-,30-/m1/s1. The third kappa shape index (κ3) is 2.71. The highest BCUT2D eigenvalue weighted by Gasteiger charge is 2.65. The lowest BCUT2D eigenvalue weighted by Crippen LogP contribution is -2.60. The minimum atomic E-state index is -0.152. The fourth-order valence-electron chi connectivity index (χ4n) is 9.81. The largest absolute Gasteiger partial charge is 0.393 e. The lowest BCUT2D eigenvalue weighted by atomic mass is 9.36. The molecule has 1 N–H and O–H groups in total. The minimum Gasteiger partial charge on any atom is -0.393 e. The Morgan fingerprint density at radius 1 is 0.742 bits per heavy atom. The van der Waals surface area contributed by atoms with Crippen molar-refractivity contribution >= 4 is 0 Å². The fourth-order valence-corrected chi connectivity index (χ4v) is 9.81. The molecule has 0 radical (unpaired) electrons. The van der Waals surface area contributed by atoms with Gasteiger partial charge in [-0.25, -0.2) is 0 Å². The van der Waals surface area contributed by atoms with Crippen molar-refractivity contribution in [3.05, 3.63) is 23.3 Å². The topological polar surface area (TPSA) is 20.2 Å².